The van der Waals surface area contributed by atoms with Crippen molar-refractivity contribution in [3.63, 3.8) is 0 Å². The molecule has 0 aliphatic heterocycles. The molecule has 0 radical (unpaired) electrons. The van der Waals surface area contributed by atoms with Crippen LogP contribution in [0, 0.1) is 11.8 Å². The summed E-state index contributed by atoms with van der Waals surface area (Å²) in [5.41, 5.74) is 0. The minimum atomic E-state index is -4.89. The normalized spacial score (nSPS) is 18.4. The number of aliphatic hydroxyl groups excluding tert-OH is 2. The van der Waals surface area contributed by atoms with Gasteiger partial charge in [0.15, 0.2) is 11.9 Å². The summed E-state index contributed by atoms with van der Waals surface area (Å²) >= 11 is 0. The molecule has 0 spiro atoms. The minimum Gasteiger partial charge on any atom is -0.462 e. The fraction of sp³-hybridized carbons (Fsp3) is 0.674. The topological polar surface area (TPSA) is 233 Å². The highest BCUT2D eigenvalue weighted by atomic mass is 31.2. The van der Waals surface area contributed by atoms with Gasteiger partial charge in [0, 0.05) is 18.8 Å². The van der Waals surface area contributed by atoms with Gasteiger partial charge >= 0.3 is 27.6 Å². The molecule has 5 N–H and O–H groups in total. The molecule has 6 atom stereocenters. The molecule has 1 aliphatic carbocycles. The van der Waals surface area contributed by atoms with Crippen LogP contribution in [0.25, 0.3) is 0 Å². The highest BCUT2D eigenvalue weighted by Crippen LogP contribution is 2.44. The summed E-state index contributed by atoms with van der Waals surface area (Å²) in [5.74, 6) is -1.55. The number of hydrogen-bond donors (Lipinski definition) is 5. The zero-order chi connectivity index (χ0) is 46.6. The molecule has 0 aromatic rings. The molecule has 0 aromatic carbocycles. The Morgan fingerprint density at radius 2 is 1.25 bits per heavy atom. The third kappa shape index (κ3) is 34.2. The van der Waals surface area contributed by atoms with E-state index in [0.717, 1.165) is 64.2 Å². The molecule has 0 fully saturated rings. The fourth-order valence-electron chi connectivity index (χ4n) is 6.23. The monoisotopic (exact) mass is 930 g/mol. The average molecular weight is 931 g/mol. The average Bonchev–Trinajstić information content (AvgIpc) is 3.59. The Hall–Kier alpha value is -2.81. The number of hydrogen-bond acceptors (Lipinski definition) is 12. The summed E-state index contributed by atoms with van der Waals surface area (Å²) in [5, 5.41) is 20.0. The van der Waals surface area contributed by atoms with Crippen molar-refractivity contribution in [1.82, 2.24) is 0 Å². The van der Waals surface area contributed by atoms with Crippen LogP contribution in [0.2, 0.25) is 0 Å². The van der Waals surface area contributed by atoms with E-state index in [2.05, 4.69) is 59.4 Å². The number of phosphoric acid groups is 2. The first-order chi connectivity index (χ1) is 30.2. The van der Waals surface area contributed by atoms with Crippen molar-refractivity contribution >= 4 is 33.4 Å². The maximum absolute atomic E-state index is 12.7. The van der Waals surface area contributed by atoms with Gasteiger partial charge in [0.25, 0.3) is 0 Å². The number of rotatable bonds is 39. The number of esters is 2. The van der Waals surface area contributed by atoms with Crippen LogP contribution in [0.1, 0.15) is 142 Å². The van der Waals surface area contributed by atoms with Crippen molar-refractivity contribution in [2.24, 2.45) is 11.8 Å². The lowest BCUT2D eigenvalue weighted by Crippen LogP contribution is -2.30. The molecule has 0 saturated carbocycles. The van der Waals surface area contributed by atoms with E-state index in [0.29, 0.717) is 32.1 Å². The van der Waals surface area contributed by atoms with Crippen molar-refractivity contribution in [1.29, 1.82) is 0 Å². The first-order valence-corrected chi connectivity index (χ1v) is 25.7. The lowest BCUT2D eigenvalue weighted by atomic mass is 9.90. The van der Waals surface area contributed by atoms with E-state index in [9.17, 15) is 38.6 Å². The molecule has 0 bridgehead atoms. The van der Waals surface area contributed by atoms with Crippen LogP contribution in [0.4, 0.5) is 0 Å². The van der Waals surface area contributed by atoms with Gasteiger partial charge in [-0.3, -0.25) is 28.0 Å². The first kappa shape index (κ1) is 58.2. The third-order valence-corrected chi connectivity index (χ3v) is 11.2. The zero-order valence-electron chi connectivity index (χ0n) is 37.5. The van der Waals surface area contributed by atoms with Gasteiger partial charge in [-0.2, -0.15) is 0 Å². The van der Waals surface area contributed by atoms with Crippen LogP contribution >= 0.6 is 15.6 Å². The van der Waals surface area contributed by atoms with Crippen molar-refractivity contribution in [3.05, 3.63) is 72.9 Å². The van der Waals surface area contributed by atoms with Crippen LogP contribution in [-0.2, 0) is 46.6 Å². The quantitative estimate of drug-likeness (QED) is 0.0167. The Kier molecular flexibility index (Phi) is 33.6. The number of phosphoric ester groups is 2. The maximum atomic E-state index is 12.7. The van der Waals surface area contributed by atoms with Gasteiger partial charge < -0.3 is 34.4 Å². The van der Waals surface area contributed by atoms with Gasteiger partial charge in [0.2, 0.25) is 0 Å². The Bertz CT molecular complexity index is 1530. The molecule has 0 aromatic heterocycles. The third-order valence-electron chi connectivity index (χ3n) is 9.81. The highest BCUT2D eigenvalue weighted by Gasteiger charge is 2.29. The minimum absolute atomic E-state index is 0.00657. The molecule has 1 unspecified atom stereocenters. The Morgan fingerprint density at radius 3 is 1.94 bits per heavy atom. The number of ketones is 1. The van der Waals surface area contributed by atoms with Crippen LogP contribution in [0.3, 0.4) is 0 Å². The number of ether oxygens (including phenoxy) is 2. The van der Waals surface area contributed by atoms with Gasteiger partial charge in [-0.25, -0.2) is 9.13 Å². The largest absolute Gasteiger partial charge is 0.472 e. The van der Waals surface area contributed by atoms with Gasteiger partial charge in [-0.05, 0) is 82.6 Å². The smallest absolute Gasteiger partial charge is 0.462 e. The first-order valence-electron chi connectivity index (χ1n) is 22.7. The molecule has 17 heteroatoms. The maximum Gasteiger partial charge on any atom is 0.472 e. The summed E-state index contributed by atoms with van der Waals surface area (Å²) in [6.45, 7) is 1.37. The van der Waals surface area contributed by atoms with Crippen molar-refractivity contribution in [2.75, 3.05) is 26.4 Å². The molecule has 0 heterocycles. The summed E-state index contributed by atoms with van der Waals surface area (Å²) in [6.07, 6.45) is 36.6. The second kappa shape index (κ2) is 36.4. The molecule has 1 rings (SSSR count). The van der Waals surface area contributed by atoms with E-state index < -0.39 is 72.3 Å². The van der Waals surface area contributed by atoms with Gasteiger partial charge in [0.1, 0.15) is 12.7 Å². The summed E-state index contributed by atoms with van der Waals surface area (Å²) in [4.78, 5) is 65.3. The van der Waals surface area contributed by atoms with E-state index in [4.69, 9.17) is 23.8 Å². The predicted octanol–water partition coefficient (Wildman–Crippen LogP) is 9.40. The number of carbonyl (C=O) groups excluding carboxylic acids is 3. The SMILES string of the molecule is CCCCC/C=C\C/C=C\C/C=C\CCCCCCC(=O)O[C@H](COC(=O)CCC/C=C\C[C@H]1C=CC(=O)[C@@H]1/C=C/[C@@H](O)CCCCC)COP(=O)(O)OC[C@@H](O)COP(=O)(O)O. The fourth-order valence-corrected chi connectivity index (χ4v) is 7.38. The van der Waals surface area contributed by atoms with E-state index in [1.807, 2.05) is 18.2 Å². The van der Waals surface area contributed by atoms with E-state index in [1.54, 1.807) is 18.2 Å². The molecule has 63 heavy (non-hydrogen) atoms. The van der Waals surface area contributed by atoms with Crippen LogP contribution in [-0.4, -0.2) is 87.4 Å². The van der Waals surface area contributed by atoms with Crippen LogP contribution < -0.4 is 0 Å². The van der Waals surface area contributed by atoms with Crippen molar-refractivity contribution < 1.29 is 71.5 Å². The Morgan fingerprint density at radius 1 is 0.683 bits per heavy atom. The second-order valence-corrected chi connectivity index (χ2v) is 18.3. The molecular formula is C46H76O15P2. The predicted molar refractivity (Wildman–Crippen MR) is 243 cm³/mol. The van der Waals surface area contributed by atoms with Crippen LogP contribution in [0.5, 0.6) is 0 Å². The molecular weight excluding hydrogens is 854 g/mol. The van der Waals surface area contributed by atoms with Crippen molar-refractivity contribution in [2.45, 2.75) is 161 Å². The standard InChI is InChI=1S/C46H76O15P2/c1-3-5-7-8-9-10-11-12-13-14-15-16-17-18-19-20-26-30-46(51)61-42(38-60-63(55,56)59-36-41(48)35-58-62(52,53)54)37-57-45(50)29-25-22-21-24-27-39-31-34-44(49)43(39)33-32-40(47)28-23-6-4-2/h9-10,12-13,15-16,21,24,31-34,39-43,47-48H,3-8,11,14,17-20,22-23,25-30,35-38H2,1-2H3,(H,55,56)(H2,52,53,54)/b10-9-,13-12-,16-15-,24-21-,33-32+/t39-,40-,41-,42+,43+/m0/s1. The van der Waals surface area contributed by atoms with E-state index in [-0.39, 0.29) is 30.5 Å². The summed E-state index contributed by atoms with van der Waals surface area (Å²) < 4.78 is 47.8. The molecule has 360 valence electrons. The lowest BCUT2D eigenvalue weighted by Gasteiger charge is -2.20. The van der Waals surface area contributed by atoms with E-state index in [1.165, 1.54) is 19.3 Å². The van der Waals surface area contributed by atoms with Crippen LogP contribution in [0.15, 0.2) is 72.9 Å². The number of allylic oxidation sites excluding steroid dienone is 11. The van der Waals surface area contributed by atoms with Gasteiger partial charge in [-0.1, -0.05) is 126 Å². The lowest BCUT2D eigenvalue weighted by molar-refractivity contribution is -0.161. The van der Waals surface area contributed by atoms with E-state index >= 15 is 0 Å². The number of unbranched alkanes of at least 4 members (excludes halogenated alkanes) is 10. The number of aliphatic hydroxyl groups is 2. The molecule has 0 saturated heterocycles. The highest BCUT2D eigenvalue weighted by molar-refractivity contribution is 7.47. The zero-order valence-corrected chi connectivity index (χ0v) is 39.3. The molecule has 15 nitrogen and oxygen atoms in total. The number of carbonyl (C=O) groups is 3. The summed E-state index contributed by atoms with van der Waals surface area (Å²) in [6, 6.07) is 0. The van der Waals surface area contributed by atoms with Gasteiger partial charge in [-0.15, -0.1) is 0 Å². The summed E-state index contributed by atoms with van der Waals surface area (Å²) in [7, 11) is -9.76. The van der Waals surface area contributed by atoms with Crippen molar-refractivity contribution in [3.8, 4) is 0 Å². The molecule has 0 amide bonds. The Labute approximate surface area is 375 Å². The Balaban J connectivity index is 2.54. The van der Waals surface area contributed by atoms with Gasteiger partial charge in [0.05, 0.1) is 25.9 Å². The molecule has 1 aliphatic rings. The second-order valence-electron chi connectivity index (χ2n) is 15.6.